The molecule has 6 rings (SSSR count). The van der Waals surface area contributed by atoms with Gasteiger partial charge >= 0.3 is 0 Å². The zero-order valence-electron chi connectivity index (χ0n) is 14.1. The molecule has 0 atom stereocenters. The van der Waals surface area contributed by atoms with E-state index in [0.29, 0.717) is 17.4 Å². The van der Waals surface area contributed by atoms with Gasteiger partial charge in [0.2, 0.25) is 0 Å². The third kappa shape index (κ3) is 2.43. The second kappa shape index (κ2) is 5.58. The molecule has 0 spiro atoms. The van der Waals surface area contributed by atoms with Gasteiger partial charge < -0.3 is 5.11 Å². The maximum Gasteiger partial charge on any atom is 0.275 e. The molecule has 4 bridgehead atoms. The van der Waals surface area contributed by atoms with Crippen molar-refractivity contribution in [2.24, 2.45) is 28.8 Å². The second-order valence-electron chi connectivity index (χ2n) is 7.96. The Morgan fingerprint density at radius 3 is 2.36 bits per heavy atom. The molecule has 4 aliphatic rings. The fourth-order valence-corrected chi connectivity index (χ4v) is 5.52. The Kier molecular flexibility index (Phi) is 3.34. The highest BCUT2D eigenvalue weighted by molar-refractivity contribution is 6.09. The minimum atomic E-state index is -0.324. The number of rotatable bonds is 2. The van der Waals surface area contributed by atoms with Gasteiger partial charge in [0.05, 0.1) is 5.56 Å². The van der Waals surface area contributed by atoms with Gasteiger partial charge in [0, 0.05) is 5.71 Å². The number of fused-ring (bicyclic) bond motifs is 1. The van der Waals surface area contributed by atoms with Crippen LogP contribution in [0.5, 0.6) is 5.75 Å². The lowest BCUT2D eigenvalue weighted by Crippen LogP contribution is -2.46. The maximum atomic E-state index is 12.7. The number of carbonyl (C=O) groups excluding carboxylic acids is 1. The number of amides is 1. The van der Waals surface area contributed by atoms with Gasteiger partial charge in [-0.3, -0.25) is 4.79 Å². The van der Waals surface area contributed by atoms with Crippen molar-refractivity contribution in [2.45, 2.75) is 32.1 Å². The molecule has 4 fully saturated rings. The Hall–Kier alpha value is -2.36. The van der Waals surface area contributed by atoms with Crippen LogP contribution < -0.4 is 5.43 Å². The van der Waals surface area contributed by atoms with E-state index in [-0.39, 0.29) is 11.7 Å². The van der Waals surface area contributed by atoms with Crippen LogP contribution in [0.3, 0.4) is 0 Å². The predicted octanol–water partition coefficient (Wildman–Crippen LogP) is 4.09. The molecular weight excluding hydrogens is 312 g/mol. The Bertz CT molecular complexity index is 857. The molecule has 0 aromatic heterocycles. The van der Waals surface area contributed by atoms with Crippen LogP contribution in [0, 0.1) is 23.7 Å². The fraction of sp³-hybridized carbons (Fsp3) is 0.429. The monoisotopic (exact) mass is 334 g/mol. The summed E-state index contributed by atoms with van der Waals surface area (Å²) in [7, 11) is 0. The van der Waals surface area contributed by atoms with Gasteiger partial charge in [-0.15, -0.1) is 0 Å². The van der Waals surface area contributed by atoms with Gasteiger partial charge in [-0.1, -0.05) is 30.3 Å². The van der Waals surface area contributed by atoms with E-state index in [0.717, 1.165) is 22.6 Å². The highest BCUT2D eigenvalue weighted by atomic mass is 16.3. The van der Waals surface area contributed by atoms with Crippen molar-refractivity contribution < 1.29 is 9.90 Å². The van der Waals surface area contributed by atoms with Crippen LogP contribution in [-0.4, -0.2) is 16.7 Å². The number of phenolic OH excluding ortho intramolecular Hbond substituents is 1. The predicted molar refractivity (Wildman–Crippen MR) is 97.6 cm³/mol. The molecule has 25 heavy (non-hydrogen) atoms. The molecule has 4 nitrogen and oxygen atoms in total. The van der Waals surface area contributed by atoms with Crippen molar-refractivity contribution in [3.8, 4) is 5.75 Å². The molecule has 4 heteroatoms. The van der Waals surface area contributed by atoms with Crippen LogP contribution in [0.4, 0.5) is 0 Å². The fourth-order valence-electron chi connectivity index (χ4n) is 5.52. The summed E-state index contributed by atoms with van der Waals surface area (Å²) in [6.07, 6.45) is 6.35. The molecule has 0 radical (unpaired) electrons. The van der Waals surface area contributed by atoms with Crippen LogP contribution in [0.2, 0.25) is 0 Å². The number of hydrazone groups is 1. The van der Waals surface area contributed by atoms with E-state index in [1.54, 1.807) is 6.07 Å². The first kappa shape index (κ1) is 14.9. The van der Waals surface area contributed by atoms with E-state index >= 15 is 0 Å². The van der Waals surface area contributed by atoms with E-state index in [4.69, 9.17) is 0 Å². The summed E-state index contributed by atoms with van der Waals surface area (Å²) < 4.78 is 0. The molecule has 128 valence electrons. The highest BCUT2D eigenvalue weighted by Gasteiger charge is 2.46. The van der Waals surface area contributed by atoms with Crippen molar-refractivity contribution >= 4 is 22.4 Å². The van der Waals surface area contributed by atoms with Crippen molar-refractivity contribution in [1.29, 1.82) is 0 Å². The van der Waals surface area contributed by atoms with Gasteiger partial charge in [-0.05, 0) is 72.6 Å². The number of hydrogen-bond donors (Lipinski definition) is 2. The molecule has 4 aliphatic carbocycles. The normalized spacial score (nSPS) is 29.8. The summed E-state index contributed by atoms with van der Waals surface area (Å²) in [5, 5.41) is 16.5. The molecule has 4 saturated carbocycles. The van der Waals surface area contributed by atoms with Gasteiger partial charge in [0.1, 0.15) is 5.75 Å². The molecule has 0 saturated heterocycles. The van der Waals surface area contributed by atoms with E-state index < -0.39 is 0 Å². The Morgan fingerprint density at radius 1 is 0.960 bits per heavy atom. The molecule has 2 aromatic rings. The average molecular weight is 334 g/mol. The summed E-state index contributed by atoms with van der Waals surface area (Å²) in [4.78, 5) is 12.7. The molecular formula is C21H22N2O2. The van der Waals surface area contributed by atoms with Gasteiger partial charge in [0.15, 0.2) is 0 Å². The largest absolute Gasteiger partial charge is 0.507 e. The van der Waals surface area contributed by atoms with Crippen molar-refractivity contribution in [1.82, 2.24) is 5.43 Å². The molecule has 1 amide bonds. The number of hydrogen-bond acceptors (Lipinski definition) is 3. The first-order chi connectivity index (χ1) is 12.2. The summed E-state index contributed by atoms with van der Waals surface area (Å²) in [6.45, 7) is 0. The molecule has 2 aromatic carbocycles. The van der Waals surface area contributed by atoms with Gasteiger partial charge in [-0.25, -0.2) is 5.43 Å². The second-order valence-corrected chi connectivity index (χ2v) is 7.96. The Labute approximate surface area is 146 Å². The van der Waals surface area contributed by atoms with Gasteiger partial charge in [0.25, 0.3) is 5.91 Å². The van der Waals surface area contributed by atoms with E-state index in [9.17, 15) is 9.90 Å². The average Bonchev–Trinajstić information content (AvgIpc) is 2.60. The topological polar surface area (TPSA) is 61.7 Å². The lowest BCUT2D eigenvalue weighted by Gasteiger charge is -2.50. The lowest BCUT2D eigenvalue weighted by molar-refractivity contribution is 0.0941. The number of aromatic hydroxyl groups is 1. The van der Waals surface area contributed by atoms with Crippen molar-refractivity contribution in [3.63, 3.8) is 0 Å². The number of phenols is 1. The van der Waals surface area contributed by atoms with Gasteiger partial charge in [-0.2, -0.15) is 5.10 Å². The van der Waals surface area contributed by atoms with Crippen LogP contribution in [0.25, 0.3) is 10.8 Å². The molecule has 2 N–H and O–H groups in total. The zero-order valence-corrected chi connectivity index (χ0v) is 14.1. The van der Waals surface area contributed by atoms with E-state index in [1.165, 1.54) is 37.8 Å². The zero-order chi connectivity index (χ0) is 17.0. The summed E-state index contributed by atoms with van der Waals surface area (Å²) >= 11 is 0. The van der Waals surface area contributed by atoms with Crippen LogP contribution in [0.15, 0.2) is 41.5 Å². The minimum absolute atomic E-state index is 0.00137. The molecule has 0 heterocycles. The number of benzene rings is 2. The van der Waals surface area contributed by atoms with E-state index in [1.807, 2.05) is 30.3 Å². The van der Waals surface area contributed by atoms with Crippen molar-refractivity contribution in [2.75, 3.05) is 0 Å². The number of carbonyl (C=O) groups is 1. The lowest BCUT2D eigenvalue weighted by atomic mass is 9.55. The van der Waals surface area contributed by atoms with Crippen LogP contribution in [-0.2, 0) is 0 Å². The third-order valence-corrected chi connectivity index (χ3v) is 6.40. The Morgan fingerprint density at radius 2 is 1.64 bits per heavy atom. The summed E-state index contributed by atoms with van der Waals surface area (Å²) in [6, 6.07) is 11.0. The Balaban J connectivity index is 1.44. The van der Waals surface area contributed by atoms with Crippen LogP contribution in [0.1, 0.15) is 42.5 Å². The first-order valence-electron chi connectivity index (χ1n) is 9.27. The third-order valence-electron chi connectivity index (χ3n) is 6.40. The van der Waals surface area contributed by atoms with Crippen LogP contribution >= 0.6 is 0 Å². The summed E-state index contributed by atoms with van der Waals surface area (Å²) in [5.41, 5.74) is 4.26. The standard InChI is InChI=1S/C21H22N2O2/c24-18-6-5-14-3-1-2-4-17(14)19(18)21(25)23-22-20-15-8-12-7-13(10-15)11-16(20)9-12/h1-6,12-13,15-16,24H,7-11H2,(H,23,25). The minimum Gasteiger partial charge on any atom is -0.507 e. The molecule has 0 aliphatic heterocycles. The van der Waals surface area contributed by atoms with E-state index in [2.05, 4.69) is 10.5 Å². The first-order valence-corrected chi connectivity index (χ1v) is 9.27. The SMILES string of the molecule is O=C(NN=C1C2CC3CC(C2)CC1C3)c1c(O)ccc2ccccc12. The quantitative estimate of drug-likeness (QED) is 0.813. The summed E-state index contributed by atoms with van der Waals surface area (Å²) in [5.74, 6) is 2.53. The number of nitrogens with one attached hydrogen (secondary N) is 1. The number of nitrogens with zero attached hydrogens (tertiary/aromatic N) is 1. The molecule has 0 unspecified atom stereocenters. The smallest absolute Gasteiger partial charge is 0.275 e. The van der Waals surface area contributed by atoms with Crippen molar-refractivity contribution in [3.05, 3.63) is 42.0 Å². The maximum absolute atomic E-state index is 12.7. The highest BCUT2D eigenvalue weighted by Crippen LogP contribution is 2.52.